The summed E-state index contributed by atoms with van der Waals surface area (Å²) in [6.45, 7) is 3.64. The van der Waals surface area contributed by atoms with Gasteiger partial charge in [0.15, 0.2) is 0 Å². The Bertz CT molecular complexity index is 1010. The third-order valence-corrected chi connectivity index (χ3v) is 5.77. The SMILES string of the molecule is CCn1cc(CC(=O)N2CC(C(=O)O)C(c3ccccc3)C2)c2ccccc21. The number of fused-ring (bicyclic) bond motifs is 1. The number of nitrogens with zero attached hydrogens (tertiary/aromatic N) is 2. The summed E-state index contributed by atoms with van der Waals surface area (Å²) in [7, 11) is 0. The van der Waals surface area contributed by atoms with Crippen molar-refractivity contribution in [3.8, 4) is 0 Å². The topological polar surface area (TPSA) is 62.5 Å². The van der Waals surface area contributed by atoms with Gasteiger partial charge in [-0.15, -0.1) is 0 Å². The van der Waals surface area contributed by atoms with E-state index in [0.29, 0.717) is 13.0 Å². The number of aliphatic carboxylic acids is 1. The summed E-state index contributed by atoms with van der Waals surface area (Å²) in [4.78, 5) is 26.5. The van der Waals surface area contributed by atoms with Crippen LogP contribution in [-0.4, -0.2) is 39.5 Å². The molecule has 144 valence electrons. The quantitative estimate of drug-likeness (QED) is 0.741. The summed E-state index contributed by atoms with van der Waals surface area (Å²) in [6.07, 6.45) is 2.34. The minimum absolute atomic E-state index is 0.0105. The Morgan fingerprint density at radius 1 is 1.04 bits per heavy atom. The number of benzene rings is 2. The number of amides is 1. The number of hydrogen-bond acceptors (Lipinski definition) is 2. The molecule has 0 spiro atoms. The lowest BCUT2D eigenvalue weighted by molar-refractivity contribution is -0.141. The average molecular weight is 376 g/mol. The van der Waals surface area contributed by atoms with Crippen LogP contribution in [0.4, 0.5) is 0 Å². The first kappa shape index (κ1) is 18.3. The molecule has 2 aromatic carbocycles. The van der Waals surface area contributed by atoms with Gasteiger partial charge in [0.1, 0.15) is 0 Å². The second kappa shape index (κ2) is 7.50. The summed E-state index contributed by atoms with van der Waals surface area (Å²) in [5.41, 5.74) is 3.10. The van der Waals surface area contributed by atoms with Crippen molar-refractivity contribution >= 4 is 22.8 Å². The predicted molar refractivity (Wildman–Crippen MR) is 108 cm³/mol. The van der Waals surface area contributed by atoms with Crippen LogP contribution in [0.1, 0.15) is 24.0 Å². The van der Waals surface area contributed by atoms with Gasteiger partial charge in [0, 0.05) is 42.7 Å². The van der Waals surface area contributed by atoms with Gasteiger partial charge >= 0.3 is 5.97 Å². The summed E-state index contributed by atoms with van der Waals surface area (Å²) in [6, 6.07) is 17.7. The summed E-state index contributed by atoms with van der Waals surface area (Å²) >= 11 is 0. The molecule has 1 aliphatic heterocycles. The summed E-state index contributed by atoms with van der Waals surface area (Å²) in [5.74, 6) is -1.58. The van der Waals surface area contributed by atoms with Gasteiger partial charge in [-0.05, 0) is 24.1 Å². The number of hydrogen-bond donors (Lipinski definition) is 1. The lowest BCUT2D eigenvalue weighted by Crippen LogP contribution is -2.31. The molecular weight excluding hydrogens is 352 g/mol. The van der Waals surface area contributed by atoms with E-state index in [2.05, 4.69) is 17.6 Å². The molecular formula is C23H24N2O3. The second-order valence-corrected chi connectivity index (χ2v) is 7.39. The van der Waals surface area contributed by atoms with Crippen molar-refractivity contribution in [1.29, 1.82) is 0 Å². The molecule has 2 atom stereocenters. The summed E-state index contributed by atoms with van der Waals surface area (Å²) in [5, 5.41) is 10.8. The first-order valence-electron chi connectivity index (χ1n) is 9.70. The van der Waals surface area contributed by atoms with E-state index in [-0.39, 0.29) is 18.4 Å². The molecule has 0 radical (unpaired) electrons. The van der Waals surface area contributed by atoms with Gasteiger partial charge in [0.2, 0.25) is 5.91 Å². The molecule has 4 rings (SSSR count). The highest BCUT2D eigenvalue weighted by Crippen LogP contribution is 2.33. The Hall–Kier alpha value is -3.08. The van der Waals surface area contributed by atoms with Crippen LogP contribution in [0.15, 0.2) is 60.8 Å². The molecule has 1 amide bonds. The van der Waals surface area contributed by atoms with Crippen molar-refractivity contribution < 1.29 is 14.7 Å². The van der Waals surface area contributed by atoms with Gasteiger partial charge in [-0.2, -0.15) is 0 Å². The molecule has 0 aliphatic carbocycles. The van der Waals surface area contributed by atoms with Crippen LogP contribution in [0, 0.1) is 5.92 Å². The Balaban J connectivity index is 1.57. The van der Waals surface area contributed by atoms with E-state index >= 15 is 0 Å². The van der Waals surface area contributed by atoms with Crippen LogP contribution < -0.4 is 0 Å². The number of aryl methyl sites for hydroxylation is 1. The van der Waals surface area contributed by atoms with Crippen molar-refractivity contribution in [3.05, 3.63) is 71.9 Å². The van der Waals surface area contributed by atoms with E-state index in [1.54, 1.807) is 4.90 Å². The number of carboxylic acid groups (broad SMARTS) is 1. The molecule has 0 bridgehead atoms. The molecule has 0 saturated carbocycles. The lowest BCUT2D eigenvalue weighted by atomic mass is 9.89. The third-order valence-electron chi connectivity index (χ3n) is 5.77. The van der Waals surface area contributed by atoms with Crippen molar-refractivity contribution in [2.75, 3.05) is 13.1 Å². The Morgan fingerprint density at radius 2 is 1.75 bits per heavy atom. The number of aromatic nitrogens is 1. The van der Waals surface area contributed by atoms with Crippen molar-refractivity contribution in [3.63, 3.8) is 0 Å². The molecule has 5 nitrogen and oxygen atoms in total. The highest BCUT2D eigenvalue weighted by molar-refractivity contribution is 5.90. The number of carbonyl (C=O) groups is 2. The highest BCUT2D eigenvalue weighted by atomic mass is 16.4. The standard InChI is InChI=1S/C23H24N2O3/c1-2-24-13-17(18-10-6-7-11-21(18)24)12-22(26)25-14-19(20(15-25)23(27)28)16-8-4-3-5-9-16/h3-11,13,19-20H,2,12,14-15H2,1H3,(H,27,28). The molecule has 1 fully saturated rings. The van der Waals surface area contributed by atoms with Crippen molar-refractivity contribution in [1.82, 2.24) is 9.47 Å². The number of rotatable bonds is 5. The van der Waals surface area contributed by atoms with Crippen molar-refractivity contribution in [2.45, 2.75) is 25.8 Å². The highest BCUT2D eigenvalue weighted by Gasteiger charge is 2.40. The van der Waals surface area contributed by atoms with Crippen molar-refractivity contribution in [2.24, 2.45) is 5.92 Å². The van der Waals surface area contributed by atoms with E-state index in [0.717, 1.165) is 28.6 Å². The largest absolute Gasteiger partial charge is 0.481 e. The first-order chi connectivity index (χ1) is 13.6. The number of carboxylic acids is 1. The van der Waals surface area contributed by atoms with E-state index < -0.39 is 11.9 Å². The second-order valence-electron chi connectivity index (χ2n) is 7.39. The van der Waals surface area contributed by atoms with Crippen LogP contribution >= 0.6 is 0 Å². The number of carbonyl (C=O) groups excluding carboxylic acids is 1. The van der Waals surface area contributed by atoms with Crippen LogP contribution in [0.25, 0.3) is 10.9 Å². The van der Waals surface area contributed by atoms with E-state index in [9.17, 15) is 14.7 Å². The Kier molecular flexibility index (Phi) is 4.90. The molecule has 28 heavy (non-hydrogen) atoms. The van der Waals surface area contributed by atoms with Gasteiger partial charge in [-0.25, -0.2) is 0 Å². The van der Waals surface area contributed by atoms with E-state index in [1.165, 1.54) is 0 Å². The summed E-state index contributed by atoms with van der Waals surface area (Å²) < 4.78 is 2.15. The van der Waals surface area contributed by atoms with Crippen LogP contribution in [0.2, 0.25) is 0 Å². The smallest absolute Gasteiger partial charge is 0.308 e. The van der Waals surface area contributed by atoms with Gasteiger partial charge in [-0.1, -0.05) is 48.5 Å². The molecule has 3 aromatic rings. The van der Waals surface area contributed by atoms with Crippen LogP contribution in [0.5, 0.6) is 0 Å². The van der Waals surface area contributed by atoms with Gasteiger partial charge in [-0.3, -0.25) is 9.59 Å². The van der Waals surface area contributed by atoms with E-state index in [1.807, 2.05) is 54.7 Å². The fourth-order valence-electron chi connectivity index (χ4n) is 4.30. The number of likely N-dealkylation sites (tertiary alicyclic amines) is 1. The van der Waals surface area contributed by atoms with Gasteiger partial charge in [0.05, 0.1) is 12.3 Å². The zero-order chi connectivity index (χ0) is 19.7. The maximum absolute atomic E-state index is 13.0. The lowest BCUT2D eigenvalue weighted by Gasteiger charge is -2.16. The normalized spacial score (nSPS) is 19.2. The fourth-order valence-corrected chi connectivity index (χ4v) is 4.30. The Morgan fingerprint density at radius 3 is 2.46 bits per heavy atom. The maximum atomic E-state index is 13.0. The van der Waals surface area contributed by atoms with Gasteiger partial charge in [0.25, 0.3) is 0 Å². The molecule has 1 aliphatic rings. The van der Waals surface area contributed by atoms with Crippen LogP contribution in [-0.2, 0) is 22.6 Å². The minimum atomic E-state index is -0.841. The zero-order valence-electron chi connectivity index (χ0n) is 15.9. The molecule has 5 heteroatoms. The van der Waals surface area contributed by atoms with E-state index in [4.69, 9.17) is 0 Å². The fraction of sp³-hybridized carbons (Fsp3) is 0.304. The Labute approximate surface area is 164 Å². The molecule has 1 saturated heterocycles. The zero-order valence-corrected chi connectivity index (χ0v) is 15.9. The van der Waals surface area contributed by atoms with Gasteiger partial charge < -0.3 is 14.6 Å². The third kappa shape index (κ3) is 3.28. The molecule has 1 N–H and O–H groups in total. The average Bonchev–Trinajstić information content (AvgIpc) is 3.31. The monoisotopic (exact) mass is 376 g/mol. The minimum Gasteiger partial charge on any atom is -0.481 e. The maximum Gasteiger partial charge on any atom is 0.308 e. The van der Waals surface area contributed by atoms with Crippen LogP contribution in [0.3, 0.4) is 0 Å². The number of para-hydroxylation sites is 1. The predicted octanol–water partition coefficient (Wildman–Crippen LogP) is 3.53. The first-order valence-corrected chi connectivity index (χ1v) is 9.70. The molecule has 2 heterocycles. The molecule has 1 aromatic heterocycles. The molecule has 2 unspecified atom stereocenters.